The molecular formula is C16H11ClN2O. The van der Waals surface area contributed by atoms with E-state index >= 15 is 0 Å². The summed E-state index contributed by atoms with van der Waals surface area (Å²) in [6.45, 7) is 0. The largest absolute Gasteiger partial charge is 0.363 e. The Kier molecular flexibility index (Phi) is 2.31. The molecule has 1 atom stereocenters. The Bertz CT molecular complexity index is 794. The molecule has 0 saturated carbocycles. The van der Waals surface area contributed by atoms with Gasteiger partial charge in [0.15, 0.2) is 5.72 Å². The molecule has 0 aliphatic carbocycles. The number of hydrogen-bond acceptors (Lipinski definition) is 2. The van der Waals surface area contributed by atoms with Crippen LogP contribution in [0.2, 0.25) is 5.02 Å². The Morgan fingerprint density at radius 2 is 1.80 bits per heavy atom. The number of halogens is 1. The number of rotatable bonds is 1. The van der Waals surface area contributed by atoms with E-state index in [9.17, 15) is 5.11 Å². The van der Waals surface area contributed by atoms with Gasteiger partial charge in [-0.05, 0) is 12.1 Å². The summed E-state index contributed by atoms with van der Waals surface area (Å²) in [5, 5.41) is 12.0. The quantitative estimate of drug-likeness (QED) is 0.744. The fraction of sp³-hybridized carbons (Fsp3) is 0.0625. The summed E-state index contributed by atoms with van der Waals surface area (Å²) in [6.07, 6.45) is 3.50. The molecular weight excluding hydrogens is 272 g/mol. The maximum absolute atomic E-state index is 11.3. The smallest absolute Gasteiger partial charge is 0.197 e. The predicted molar refractivity (Wildman–Crippen MR) is 77.5 cm³/mol. The Morgan fingerprint density at radius 1 is 1.05 bits per heavy atom. The van der Waals surface area contributed by atoms with Gasteiger partial charge in [0.1, 0.15) is 5.82 Å². The highest BCUT2D eigenvalue weighted by molar-refractivity contribution is 6.30. The number of aromatic nitrogens is 2. The zero-order valence-corrected chi connectivity index (χ0v) is 11.2. The molecule has 3 nitrogen and oxygen atoms in total. The Balaban J connectivity index is 2.04. The van der Waals surface area contributed by atoms with Crippen molar-refractivity contribution in [3.63, 3.8) is 0 Å². The highest BCUT2D eigenvalue weighted by Crippen LogP contribution is 2.44. The van der Waals surface area contributed by atoms with E-state index in [0.29, 0.717) is 5.02 Å². The second-order valence-corrected chi connectivity index (χ2v) is 5.28. The van der Waals surface area contributed by atoms with Crippen molar-refractivity contribution in [3.05, 3.63) is 77.1 Å². The molecule has 20 heavy (non-hydrogen) atoms. The van der Waals surface area contributed by atoms with Crippen molar-refractivity contribution in [2.24, 2.45) is 0 Å². The van der Waals surface area contributed by atoms with E-state index in [4.69, 9.17) is 11.6 Å². The van der Waals surface area contributed by atoms with E-state index in [2.05, 4.69) is 4.98 Å². The number of fused-ring (bicyclic) bond motifs is 3. The molecule has 98 valence electrons. The molecule has 1 aromatic heterocycles. The van der Waals surface area contributed by atoms with Gasteiger partial charge >= 0.3 is 0 Å². The second kappa shape index (κ2) is 3.95. The summed E-state index contributed by atoms with van der Waals surface area (Å²) >= 11 is 5.94. The van der Waals surface area contributed by atoms with Crippen LogP contribution in [0.15, 0.2) is 60.9 Å². The van der Waals surface area contributed by atoms with Crippen molar-refractivity contribution in [1.82, 2.24) is 9.55 Å². The third kappa shape index (κ3) is 1.36. The molecule has 1 aliphatic heterocycles. The maximum Gasteiger partial charge on any atom is 0.197 e. The topological polar surface area (TPSA) is 38.1 Å². The summed E-state index contributed by atoms with van der Waals surface area (Å²) in [6, 6.07) is 15.0. The normalized spacial score (nSPS) is 19.7. The molecule has 4 rings (SSSR count). The van der Waals surface area contributed by atoms with Gasteiger partial charge in [-0.15, -0.1) is 0 Å². The van der Waals surface area contributed by atoms with E-state index in [0.717, 1.165) is 22.5 Å². The van der Waals surface area contributed by atoms with Crippen LogP contribution in [0.25, 0.3) is 11.4 Å². The predicted octanol–water partition coefficient (Wildman–Crippen LogP) is 3.26. The Morgan fingerprint density at radius 3 is 2.60 bits per heavy atom. The standard InChI is InChI=1S/C16H11ClN2O/c17-12-7-5-11(6-8-12)16(20)14-4-2-1-3-13(14)15-18-9-10-19(15)16/h1-10,20H/t16-/m1/s1. The number of benzene rings is 2. The third-order valence-electron chi connectivity index (χ3n) is 3.78. The Hall–Kier alpha value is -2.10. The van der Waals surface area contributed by atoms with E-state index in [1.807, 2.05) is 36.4 Å². The lowest BCUT2D eigenvalue weighted by atomic mass is 9.94. The van der Waals surface area contributed by atoms with Crippen molar-refractivity contribution in [2.75, 3.05) is 0 Å². The summed E-state index contributed by atoms with van der Waals surface area (Å²) in [5.41, 5.74) is 1.33. The number of hydrogen-bond donors (Lipinski definition) is 1. The molecule has 0 fully saturated rings. The molecule has 0 spiro atoms. The number of imidazole rings is 1. The van der Waals surface area contributed by atoms with Crippen LogP contribution in [0.5, 0.6) is 0 Å². The average molecular weight is 283 g/mol. The molecule has 4 heteroatoms. The van der Waals surface area contributed by atoms with Gasteiger partial charge in [-0.1, -0.05) is 48.0 Å². The molecule has 3 aromatic rings. The van der Waals surface area contributed by atoms with Gasteiger partial charge in [0.25, 0.3) is 0 Å². The Labute approximate surface area is 121 Å². The van der Waals surface area contributed by atoms with Crippen LogP contribution in [0.1, 0.15) is 11.1 Å². The molecule has 2 heterocycles. The monoisotopic (exact) mass is 282 g/mol. The first-order valence-corrected chi connectivity index (χ1v) is 6.71. The molecule has 0 amide bonds. The summed E-state index contributed by atoms with van der Waals surface area (Å²) in [4.78, 5) is 4.35. The van der Waals surface area contributed by atoms with Gasteiger partial charge in [-0.3, -0.25) is 4.57 Å². The zero-order chi connectivity index (χ0) is 13.7. The van der Waals surface area contributed by atoms with Gasteiger partial charge in [0.05, 0.1) is 0 Å². The number of nitrogens with zero attached hydrogens (tertiary/aromatic N) is 2. The van der Waals surface area contributed by atoms with Gasteiger partial charge in [0, 0.05) is 34.1 Å². The minimum Gasteiger partial charge on any atom is -0.363 e. The van der Waals surface area contributed by atoms with Crippen LogP contribution in [0, 0.1) is 0 Å². The van der Waals surface area contributed by atoms with Gasteiger partial charge in [-0.2, -0.15) is 0 Å². The average Bonchev–Trinajstić information content (AvgIpc) is 3.04. The summed E-state index contributed by atoms with van der Waals surface area (Å²) < 4.78 is 1.79. The van der Waals surface area contributed by atoms with Crippen LogP contribution in [-0.2, 0) is 5.72 Å². The molecule has 2 aromatic carbocycles. The van der Waals surface area contributed by atoms with Crippen LogP contribution in [0.4, 0.5) is 0 Å². The SMILES string of the molecule is O[C@]1(c2ccc(Cl)cc2)c2ccccc2-c2nccn21. The van der Waals surface area contributed by atoms with Crippen molar-refractivity contribution in [1.29, 1.82) is 0 Å². The molecule has 0 unspecified atom stereocenters. The van der Waals surface area contributed by atoms with Crippen molar-refractivity contribution >= 4 is 11.6 Å². The van der Waals surface area contributed by atoms with Crippen LogP contribution in [0.3, 0.4) is 0 Å². The highest BCUT2D eigenvalue weighted by Gasteiger charge is 2.43. The minimum absolute atomic E-state index is 0.648. The van der Waals surface area contributed by atoms with Crippen molar-refractivity contribution in [3.8, 4) is 11.4 Å². The molecule has 0 radical (unpaired) electrons. The fourth-order valence-corrected chi connectivity index (χ4v) is 2.98. The van der Waals surface area contributed by atoms with E-state index < -0.39 is 5.72 Å². The third-order valence-corrected chi connectivity index (χ3v) is 4.03. The second-order valence-electron chi connectivity index (χ2n) is 4.85. The van der Waals surface area contributed by atoms with Crippen molar-refractivity contribution in [2.45, 2.75) is 5.72 Å². The molecule has 0 saturated heterocycles. The van der Waals surface area contributed by atoms with Crippen LogP contribution in [-0.4, -0.2) is 14.7 Å². The van der Waals surface area contributed by atoms with Crippen molar-refractivity contribution < 1.29 is 5.11 Å². The lowest BCUT2D eigenvalue weighted by molar-refractivity contribution is 0.0572. The molecule has 1 aliphatic rings. The number of aliphatic hydroxyl groups is 1. The zero-order valence-electron chi connectivity index (χ0n) is 10.5. The minimum atomic E-state index is -1.23. The van der Waals surface area contributed by atoms with Crippen LogP contribution >= 0.6 is 11.6 Å². The van der Waals surface area contributed by atoms with E-state index in [1.165, 1.54) is 0 Å². The molecule has 0 bridgehead atoms. The van der Waals surface area contributed by atoms with E-state index in [-0.39, 0.29) is 0 Å². The first-order chi connectivity index (χ1) is 9.71. The molecule has 1 N–H and O–H groups in total. The lowest BCUT2D eigenvalue weighted by Crippen LogP contribution is -2.32. The van der Waals surface area contributed by atoms with Gasteiger partial charge < -0.3 is 5.11 Å². The fourth-order valence-electron chi connectivity index (χ4n) is 2.85. The first kappa shape index (κ1) is 11.7. The van der Waals surface area contributed by atoms with Gasteiger partial charge in [0.2, 0.25) is 0 Å². The first-order valence-electron chi connectivity index (χ1n) is 6.33. The summed E-state index contributed by atoms with van der Waals surface area (Å²) in [5.74, 6) is 0.776. The lowest BCUT2D eigenvalue weighted by Gasteiger charge is -2.27. The van der Waals surface area contributed by atoms with Gasteiger partial charge in [-0.25, -0.2) is 4.98 Å². The van der Waals surface area contributed by atoms with Crippen LogP contribution < -0.4 is 0 Å². The highest BCUT2D eigenvalue weighted by atomic mass is 35.5. The summed E-state index contributed by atoms with van der Waals surface area (Å²) in [7, 11) is 0. The maximum atomic E-state index is 11.3. The van der Waals surface area contributed by atoms with E-state index in [1.54, 1.807) is 29.1 Å².